The largest absolute Gasteiger partial charge is 0.452 e. The van der Waals surface area contributed by atoms with E-state index in [4.69, 9.17) is 9.73 Å². The third kappa shape index (κ3) is 8.48. The van der Waals surface area contributed by atoms with Crippen molar-refractivity contribution in [2.24, 2.45) is 4.99 Å². The van der Waals surface area contributed by atoms with E-state index in [1.807, 2.05) is 38.1 Å². The molecule has 1 atom stereocenters. The lowest BCUT2D eigenvalue weighted by atomic mass is 9.79. The first kappa shape index (κ1) is 36.6. The molecule has 0 aromatic heterocycles. The van der Waals surface area contributed by atoms with E-state index in [0.717, 1.165) is 35.2 Å². The summed E-state index contributed by atoms with van der Waals surface area (Å²) in [7, 11) is -8.39. The summed E-state index contributed by atoms with van der Waals surface area (Å²) in [6.45, 7) is 5.78. The van der Waals surface area contributed by atoms with E-state index in [9.17, 15) is 40.3 Å². The Kier molecular flexibility index (Phi) is 10.1. The van der Waals surface area contributed by atoms with Crippen molar-refractivity contribution in [3.05, 3.63) is 58.3 Å². The van der Waals surface area contributed by atoms with Crippen molar-refractivity contribution in [3.63, 3.8) is 0 Å². The second kappa shape index (κ2) is 14.1. The molecule has 2 aromatic carbocycles. The minimum Gasteiger partial charge on any atom is -0.452 e. The predicted molar refractivity (Wildman–Crippen MR) is 187 cm³/mol. The highest BCUT2D eigenvalue weighted by Crippen LogP contribution is 2.49. The number of anilines is 1. The van der Waals surface area contributed by atoms with Crippen LogP contribution in [0, 0.1) is 0 Å². The first-order chi connectivity index (χ1) is 24.0. The van der Waals surface area contributed by atoms with E-state index < -0.39 is 49.3 Å². The topological polar surface area (TPSA) is 203 Å². The lowest BCUT2D eigenvalue weighted by Crippen LogP contribution is -2.50. The number of fused-ring (bicyclic) bond motifs is 4. The summed E-state index contributed by atoms with van der Waals surface area (Å²) >= 11 is 0. The number of hydrogen-bond donors (Lipinski definition) is 3. The number of carbonyl (C=O) groups excluding carboxylic acids is 3. The summed E-state index contributed by atoms with van der Waals surface area (Å²) in [5, 5.41) is 4.28. The Balaban J connectivity index is 1.25. The number of ether oxygens (including phenoxy) is 1. The molecule has 4 aliphatic rings. The summed E-state index contributed by atoms with van der Waals surface area (Å²) in [6.07, 6.45) is 5.36. The molecule has 0 spiro atoms. The molecule has 4 aliphatic heterocycles. The molecular formula is C34H42N5O10S2+. The van der Waals surface area contributed by atoms with Gasteiger partial charge in [-0.15, -0.1) is 0 Å². The van der Waals surface area contributed by atoms with Crippen LogP contribution in [0.2, 0.25) is 0 Å². The molecule has 15 nitrogen and oxygen atoms in total. The van der Waals surface area contributed by atoms with E-state index in [-0.39, 0.29) is 37.6 Å². The predicted octanol–water partition coefficient (Wildman–Crippen LogP) is 1.24. The van der Waals surface area contributed by atoms with Crippen LogP contribution in [-0.4, -0.2) is 98.3 Å². The average molecular weight is 745 g/mol. The fourth-order valence-corrected chi connectivity index (χ4v) is 8.79. The Hall–Kier alpha value is -4.19. The van der Waals surface area contributed by atoms with Crippen molar-refractivity contribution in [2.45, 2.75) is 63.8 Å². The molecule has 0 fully saturated rings. The zero-order chi connectivity index (χ0) is 36.7. The molecule has 0 aliphatic carbocycles. The molecule has 0 bridgehead atoms. The van der Waals surface area contributed by atoms with Gasteiger partial charge in [-0.2, -0.15) is 16.8 Å². The number of rotatable bonds is 13. The summed E-state index contributed by atoms with van der Waals surface area (Å²) in [5.41, 5.74) is 2.40. The van der Waals surface area contributed by atoms with E-state index in [2.05, 4.69) is 14.8 Å². The first-order valence-electron chi connectivity index (χ1n) is 16.9. The minimum absolute atomic E-state index is 0.0757. The maximum Gasteiger partial charge on any atom is 0.265 e. The maximum absolute atomic E-state index is 12.7. The van der Waals surface area contributed by atoms with Crippen molar-refractivity contribution >= 4 is 49.3 Å². The van der Waals surface area contributed by atoms with E-state index in [1.165, 1.54) is 12.2 Å². The molecule has 0 saturated carbocycles. The van der Waals surface area contributed by atoms with Gasteiger partial charge in [-0.25, -0.2) is 9.57 Å². The van der Waals surface area contributed by atoms with E-state index in [1.54, 1.807) is 0 Å². The van der Waals surface area contributed by atoms with Gasteiger partial charge >= 0.3 is 0 Å². The van der Waals surface area contributed by atoms with Crippen LogP contribution >= 0.6 is 0 Å². The highest BCUT2D eigenvalue weighted by molar-refractivity contribution is 7.86. The van der Waals surface area contributed by atoms with Crippen molar-refractivity contribution in [2.75, 3.05) is 49.1 Å². The number of carbonyl (C=O) groups is 3. The Morgan fingerprint density at radius 2 is 1.76 bits per heavy atom. The first-order valence-corrected chi connectivity index (χ1v) is 20.2. The van der Waals surface area contributed by atoms with Crippen LogP contribution in [-0.2, 0) is 41.0 Å². The molecule has 3 N–H and O–H groups in total. The number of aryl methyl sites for hydroxylation is 1. The van der Waals surface area contributed by atoms with Crippen molar-refractivity contribution in [1.29, 1.82) is 0 Å². The van der Waals surface area contributed by atoms with Crippen LogP contribution in [0.25, 0.3) is 0 Å². The molecule has 4 heterocycles. The lowest BCUT2D eigenvalue weighted by Gasteiger charge is -2.48. The van der Waals surface area contributed by atoms with Crippen LogP contribution in [0.4, 0.5) is 11.4 Å². The Bertz CT molecular complexity index is 2150. The molecule has 2 aromatic rings. The van der Waals surface area contributed by atoms with E-state index >= 15 is 0 Å². The zero-order valence-electron chi connectivity index (χ0n) is 28.5. The van der Waals surface area contributed by atoms with Gasteiger partial charge in [-0.05, 0) is 50.8 Å². The Labute approximate surface area is 296 Å². The summed E-state index contributed by atoms with van der Waals surface area (Å²) < 4.78 is 74.4. The van der Waals surface area contributed by atoms with Gasteiger partial charge in [0.25, 0.3) is 32.1 Å². The molecule has 3 amide bonds. The fraction of sp³-hybridized carbons (Fsp3) is 0.500. The fourth-order valence-electron chi connectivity index (χ4n) is 7.49. The van der Waals surface area contributed by atoms with Gasteiger partial charge in [0.1, 0.15) is 24.1 Å². The van der Waals surface area contributed by atoms with Crippen molar-refractivity contribution in [3.8, 4) is 11.5 Å². The zero-order valence-corrected chi connectivity index (χ0v) is 30.1. The number of imide groups is 1. The standard InChI is InChI=1S/C34H41N5O10S2/c1-34(2)20-23(21-51(46,47)48)24-17-26-30(19-28(24)39(34)13-4-7-31(40)35-10-14-38-32(41)8-9-33(38)42)49-29-18-27-22(16-25(29)36-26)6-3-11-37(27)12-5-15-50(43,44)45/h8-9,16-19,23H,3-7,10-15,20-21H2,1-2H3,(H2-,35,40,43,44,45,46,47,48)/p+1. The number of benzene rings is 2. The average Bonchev–Trinajstić information content (AvgIpc) is 3.34. The molecule has 274 valence electrons. The van der Waals surface area contributed by atoms with Crippen molar-refractivity contribution in [1.82, 2.24) is 14.8 Å². The third-order valence-electron chi connectivity index (χ3n) is 9.74. The van der Waals surface area contributed by atoms with Crippen LogP contribution in [0.5, 0.6) is 11.5 Å². The second-order valence-electron chi connectivity index (χ2n) is 14.0. The van der Waals surface area contributed by atoms with Crippen LogP contribution in [0.1, 0.15) is 63.0 Å². The van der Waals surface area contributed by atoms with Crippen LogP contribution < -0.4 is 30.2 Å². The molecule has 0 saturated heterocycles. The van der Waals surface area contributed by atoms with Gasteiger partial charge in [0.15, 0.2) is 11.5 Å². The van der Waals surface area contributed by atoms with Crippen molar-refractivity contribution < 1.29 is 45.1 Å². The Morgan fingerprint density at radius 3 is 2.47 bits per heavy atom. The van der Waals surface area contributed by atoms with Crippen LogP contribution in [0.3, 0.4) is 0 Å². The number of nitrogens with one attached hydrogen (secondary N) is 1. The quantitative estimate of drug-likeness (QED) is 0.129. The monoisotopic (exact) mass is 744 g/mol. The van der Waals surface area contributed by atoms with Crippen LogP contribution in [0.15, 0.2) is 41.4 Å². The third-order valence-corrected chi connectivity index (χ3v) is 11.4. The minimum atomic E-state index is -4.32. The molecule has 6 rings (SSSR count). The van der Waals surface area contributed by atoms with Gasteiger partial charge in [0.2, 0.25) is 11.3 Å². The van der Waals surface area contributed by atoms with Gasteiger partial charge in [-0.1, -0.05) is 0 Å². The van der Waals surface area contributed by atoms with E-state index in [0.29, 0.717) is 59.7 Å². The molecule has 1 unspecified atom stereocenters. The lowest BCUT2D eigenvalue weighted by molar-refractivity contribution is -0.137. The van der Waals surface area contributed by atoms with Gasteiger partial charge in [0, 0.05) is 79.8 Å². The van der Waals surface area contributed by atoms with Gasteiger partial charge < -0.3 is 15.0 Å². The highest BCUT2D eigenvalue weighted by atomic mass is 32.2. The highest BCUT2D eigenvalue weighted by Gasteiger charge is 2.40. The molecular weight excluding hydrogens is 703 g/mol. The molecule has 51 heavy (non-hydrogen) atoms. The smallest absolute Gasteiger partial charge is 0.265 e. The Morgan fingerprint density at radius 1 is 1.02 bits per heavy atom. The SMILES string of the molecule is CC1(C)CC(CS(=O)(=O)O)c2cc3c(cc2N1CCCC(=O)NCCN1C(=O)C=CC1=O)Oc1cc2c(cc1=N3)CCC[N+]=2CCCS(=O)(=O)O. The molecule has 17 heteroatoms. The summed E-state index contributed by atoms with van der Waals surface area (Å²) in [6, 6.07) is 7.50. The maximum atomic E-state index is 12.7. The number of nitrogens with zero attached hydrogens (tertiary/aromatic N) is 4. The number of hydrogen-bond acceptors (Lipinski definition) is 10. The summed E-state index contributed by atoms with van der Waals surface area (Å²) in [4.78, 5) is 44.3. The summed E-state index contributed by atoms with van der Waals surface area (Å²) in [5.74, 6) is -1.40. The second-order valence-corrected chi connectivity index (χ2v) is 17.1. The number of amides is 3. The molecule has 0 radical (unpaired) electrons. The van der Waals surface area contributed by atoms with Gasteiger partial charge in [-0.3, -0.25) is 28.4 Å². The van der Waals surface area contributed by atoms with Gasteiger partial charge in [0.05, 0.1) is 17.6 Å². The normalized spacial score (nSPS) is 19.1.